The molecule has 0 saturated heterocycles. The molecule has 0 fully saturated rings. The largest absolute Gasteiger partial charge is 0.367 e. The normalized spacial score (nSPS) is 14.4. The smallest absolute Gasteiger partial charge is 0.0429 e. The average molecular weight is 237 g/mol. The lowest BCUT2D eigenvalue weighted by Gasteiger charge is -2.31. The Kier molecular flexibility index (Phi) is 3.06. The first-order valence-electron chi connectivity index (χ1n) is 6.71. The van der Waals surface area contributed by atoms with Gasteiger partial charge in [0, 0.05) is 18.8 Å². The molecule has 3 rings (SSSR count). The topological polar surface area (TPSA) is 3.24 Å². The highest BCUT2D eigenvalue weighted by molar-refractivity contribution is 5.55. The van der Waals surface area contributed by atoms with Crippen LogP contribution in [0.25, 0.3) is 0 Å². The molecule has 2 aromatic rings. The van der Waals surface area contributed by atoms with Gasteiger partial charge in [-0.2, -0.15) is 0 Å². The number of rotatable bonds is 2. The number of nitrogens with zero attached hydrogens (tertiary/aromatic N) is 1. The summed E-state index contributed by atoms with van der Waals surface area (Å²) in [7, 11) is 0. The number of benzene rings is 2. The van der Waals surface area contributed by atoms with Crippen molar-refractivity contribution in [3.63, 3.8) is 0 Å². The van der Waals surface area contributed by atoms with Crippen molar-refractivity contribution in [2.45, 2.75) is 26.3 Å². The van der Waals surface area contributed by atoms with E-state index in [1.54, 1.807) is 0 Å². The highest BCUT2D eigenvalue weighted by atomic mass is 15.1. The Morgan fingerprint density at radius 1 is 1.00 bits per heavy atom. The van der Waals surface area contributed by atoms with E-state index in [2.05, 4.69) is 60.4 Å². The molecular formula is C17H19N. The summed E-state index contributed by atoms with van der Waals surface area (Å²) in [6, 6.07) is 17.7. The SMILES string of the molecule is Cc1ccc(CN2CCCc3ccccc32)cc1. The molecule has 0 atom stereocenters. The first kappa shape index (κ1) is 11.3. The number of hydrogen-bond acceptors (Lipinski definition) is 1. The van der Waals surface area contributed by atoms with Crippen molar-refractivity contribution < 1.29 is 0 Å². The predicted octanol–water partition coefficient (Wildman–Crippen LogP) is 3.95. The number of hydrogen-bond donors (Lipinski definition) is 0. The molecule has 0 amide bonds. The van der Waals surface area contributed by atoms with Gasteiger partial charge in [-0.05, 0) is 37.0 Å². The maximum atomic E-state index is 2.50. The van der Waals surface area contributed by atoms with Crippen LogP contribution in [0.4, 0.5) is 5.69 Å². The van der Waals surface area contributed by atoms with Crippen molar-refractivity contribution >= 4 is 5.69 Å². The summed E-state index contributed by atoms with van der Waals surface area (Å²) in [5, 5.41) is 0. The highest BCUT2D eigenvalue weighted by Gasteiger charge is 2.15. The van der Waals surface area contributed by atoms with Crippen LogP contribution in [0.5, 0.6) is 0 Å². The molecule has 0 saturated carbocycles. The van der Waals surface area contributed by atoms with Crippen LogP contribution in [0, 0.1) is 6.92 Å². The maximum absolute atomic E-state index is 2.50. The first-order chi connectivity index (χ1) is 8.83. The Bertz CT molecular complexity index is 528. The van der Waals surface area contributed by atoms with Gasteiger partial charge < -0.3 is 4.90 Å². The zero-order valence-corrected chi connectivity index (χ0v) is 10.9. The van der Waals surface area contributed by atoms with Crippen LogP contribution in [-0.2, 0) is 13.0 Å². The van der Waals surface area contributed by atoms with Gasteiger partial charge in [-0.1, -0.05) is 48.0 Å². The second kappa shape index (κ2) is 4.85. The van der Waals surface area contributed by atoms with Crippen LogP contribution in [0.2, 0.25) is 0 Å². The number of fused-ring (bicyclic) bond motifs is 1. The van der Waals surface area contributed by atoms with Gasteiger partial charge >= 0.3 is 0 Å². The summed E-state index contributed by atoms with van der Waals surface area (Å²) >= 11 is 0. The monoisotopic (exact) mass is 237 g/mol. The van der Waals surface area contributed by atoms with E-state index in [0.29, 0.717) is 0 Å². The zero-order chi connectivity index (χ0) is 12.4. The molecule has 1 heteroatoms. The molecule has 1 aliphatic rings. The van der Waals surface area contributed by atoms with Crippen LogP contribution in [0.15, 0.2) is 48.5 Å². The Morgan fingerprint density at radius 2 is 1.78 bits per heavy atom. The fraction of sp³-hybridized carbons (Fsp3) is 0.294. The Balaban J connectivity index is 1.84. The van der Waals surface area contributed by atoms with Gasteiger partial charge in [-0.15, -0.1) is 0 Å². The van der Waals surface area contributed by atoms with Crippen molar-refractivity contribution in [1.82, 2.24) is 0 Å². The molecule has 1 aliphatic heterocycles. The molecule has 0 unspecified atom stereocenters. The molecule has 0 bridgehead atoms. The van der Waals surface area contributed by atoms with Gasteiger partial charge in [0.15, 0.2) is 0 Å². The van der Waals surface area contributed by atoms with Crippen LogP contribution in [-0.4, -0.2) is 6.54 Å². The van der Waals surface area contributed by atoms with E-state index in [1.165, 1.54) is 41.8 Å². The minimum atomic E-state index is 1.03. The quantitative estimate of drug-likeness (QED) is 0.764. The number of aryl methyl sites for hydroxylation is 2. The van der Waals surface area contributed by atoms with Crippen molar-refractivity contribution in [3.05, 3.63) is 65.2 Å². The third-order valence-corrected chi connectivity index (χ3v) is 3.70. The highest BCUT2D eigenvalue weighted by Crippen LogP contribution is 2.27. The summed E-state index contributed by atoms with van der Waals surface area (Å²) in [4.78, 5) is 2.50. The lowest BCUT2D eigenvalue weighted by molar-refractivity contribution is 0.691. The van der Waals surface area contributed by atoms with Gasteiger partial charge in [-0.25, -0.2) is 0 Å². The third-order valence-electron chi connectivity index (χ3n) is 3.70. The Hall–Kier alpha value is -1.76. The fourth-order valence-electron chi connectivity index (χ4n) is 2.69. The number of para-hydroxylation sites is 1. The standard InChI is InChI=1S/C17H19N/c1-14-8-10-15(11-9-14)13-18-12-4-6-16-5-2-3-7-17(16)18/h2-3,5,7-11H,4,6,12-13H2,1H3. The Morgan fingerprint density at radius 3 is 2.61 bits per heavy atom. The molecule has 18 heavy (non-hydrogen) atoms. The van der Waals surface area contributed by atoms with Gasteiger partial charge in [0.05, 0.1) is 0 Å². The van der Waals surface area contributed by atoms with Crippen molar-refractivity contribution in [3.8, 4) is 0 Å². The Labute approximate surface area is 109 Å². The molecule has 0 spiro atoms. The molecule has 0 aromatic heterocycles. The molecule has 0 N–H and O–H groups in total. The van der Waals surface area contributed by atoms with E-state index in [1.807, 2.05) is 0 Å². The minimum absolute atomic E-state index is 1.03. The van der Waals surface area contributed by atoms with E-state index >= 15 is 0 Å². The summed E-state index contributed by atoms with van der Waals surface area (Å²) in [5.41, 5.74) is 5.65. The average Bonchev–Trinajstić information content (AvgIpc) is 2.42. The van der Waals surface area contributed by atoms with Crippen LogP contribution < -0.4 is 4.90 Å². The van der Waals surface area contributed by atoms with Crippen LogP contribution >= 0.6 is 0 Å². The van der Waals surface area contributed by atoms with Gasteiger partial charge in [0.25, 0.3) is 0 Å². The number of anilines is 1. The van der Waals surface area contributed by atoms with Gasteiger partial charge in [-0.3, -0.25) is 0 Å². The van der Waals surface area contributed by atoms with Crippen LogP contribution in [0.3, 0.4) is 0 Å². The van der Waals surface area contributed by atoms with E-state index in [-0.39, 0.29) is 0 Å². The molecule has 92 valence electrons. The van der Waals surface area contributed by atoms with Gasteiger partial charge in [0.1, 0.15) is 0 Å². The predicted molar refractivity (Wildman–Crippen MR) is 77.0 cm³/mol. The third kappa shape index (κ3) is 2.26. The second-order valence-electron chi connectivity index (χ2n) is 5.14. The van der Waals surface area contributed by atoms with E-state index in [4.69, 9.17) is 0 Å². The van der Waals surface area contributed by atoms with Crippen molar-refractivity contribution in [2.75, 3.05) is 11.4 Å². The lowest BCUT2D eigenvalue weighted by Crippen LogP contribution is -2.28. The summed E-state index contributed by atoms with van der Waals surface area (Å²) in [6.07, 6.45) is 2.49. The zero-order valence-electron chi connectivity index (χ0n) is 10.9. The molecule has 0 aliphatic carbocycles. The molecular weight excluding hydrogens is 218 g/mol. The fourth-order valence-corrected chi connectivity index (χ4v) is 2.69. The summed E-state index contributed by atoms with van der Waals surface area (Å²) in [6.45, 7) is 4.34. The molecule has 2 aromatic carbocycles. The van der Waals surface area contributed by atoms with Crippen molar-refractivity contribution in [1.29, 1.82) is 0 Å². The van der Waals surface area contributed by atoms with Crippen molar-refractivity contribution in [2.24, 2.45) is 0 Å². The first-order valence-corrected chi connectivity index (χ1v) is 6.71. The molecule has 0 radical (unpaired) electrons. The van der Waals surface area contributed by atoms with E-state index in [9.17, 15) is 0 Å². The van der Waals surface area contributed by atoms with E-state index in [0.717, 1.165) is 6.54 Å². The maximum Gasteiger partial charge on any atom is 0.0429 e. The lowest BCUT2D eigenvalue weighted by atomic mass is 10.0. The molecule has 1 nitrogen and oxygen atoms in total. The molecule has 1 heterocycles. The summed E-state index contributed by atoms with van der Waals surface area (Å²) in [5.74, 6) is 0. The van der Waals surface area contributed by atoms with E-state index < -0.39 is 0 Å². The minimum Gasteiger partial charge on any atom is -0.367 e. The van der Waals surface area contributed by atoms with Gasteiger partial charge in [0.2, 0.25) is 0 Å². The summed E-state index contributed by atoms with van der Waals surface area (Å²) < 4.78 is 0. The second-order valence-corrected chi connectivity index (χ2v) is 5.14. The van der Waals surface area contributed by atoms with Crippen LogP contribution in [0.1, 0.15) is 23.1 Å².